The van der Waals surface area contributed by atoms with E-state index in [1.807, 2.05) is 0 Å². The standard InChI is InChI=1S/C14H20N6O3/c1-17-11-10(12(22)18(2)14(17)23)20(6-3-9-21)13(16-11)19-7-4-15-5-8-19/h9,15H,3-8H2,1-2H3. The van der Waals surface area contributed by atoms with Crippen molar-refractivity contribution in [3.8, 4) is 0 Å². The van der Waals surface area contributed by atoms with Gasteiger partial charge in [0.15, 0.2) is 11.2 Å². The Morgan fingerprint density at radius 1 is 1.17 bits per heavy atom. The van der Waals surface area contributed by atoms with Gasteiger partial charge in [0.05, 0.1) is 0 Å². The number of nitrogens with one attached hydrogen (secondary N) is 1. The van der Waals surface area contributed by atoms with Crippen LogP contribution in [-0.4, -0.2) is 51.2 Å². The summed E-state index contributed by atoms with van der Waals surface area (Å²) in [5.41, 5.74) is -0.0696. The van der Waals surface area contributed by atoms with Crippen LogP contribution in [0.1, 0.15) is 6.42 Å². The number of hydrogen-bond donors (Lipinski definition) is 1. The predicted molar refractivity (Wildman–Crippen MR) is 86.0 cm³/mol. The number of carbonyl (C=O) groups is 1. The van der Waals surface area contributed by atoms with Crippen molar-refractivity contribution >= 4 is 23.4 Å². The van der Waals surface area contributed by atoms with Crippen LogP contribution in [0, 0.1) is 0 Å². The highest BCUT2D eigenvalue weighted by Gasteiger charge is 2.23. The topological polar surface area (TPSA) is 94.2 Å². The lowest BCUT2D eigenvalue weighted by molar-refractivity contribution is -0.108. The molecule has 0 saturated carbocycles. The maximum atomic E-state index is 12.6. The summed E-state index contributed by atoms with van der Waals surface area (Å²) < 4.78 is 4.21. The second kappa shape index (κ2) is 5.99. The van der Waals surface area contributed by atoms with Gasteiger partial charge < -0.3 is 19.6 Å². The minimum absolute atomic E-state index is 0.288. The lowest BCUT2D eigenvalue weighted by Gasteiger charge is -2.28. The van der Waals surface area contributed by atoms with Crippen LogP contribution >= 0.6 is 0 Å². The molecule has 124 valence electrons. The first-order valence-corrected chi connectivity index (χ1v) is 7.61. The molecule has 9 nitrogen and oxygen atoms in total. The first-order valence-electron chi connectivity index (χ1n) is 7.61. The molecule has 1 fully saturated rings. The molecule has 0 aromatic carbocycles. The Balaban J connectivity index is 2.28. The maximum Gasteiger partial charge on any atom is 0.332 e. The van der Waals surface area contributed by atoms with Crippen molar-refractivity contribution in [3.05, 3.63) is 20.8 Å². The first kappa shape index (κ1) is 15.5. The Labute approximate surface area is 132 Å². The number of rotatable bonds is 4. The smallest absolute Gasteiger partial charge is 0.332 e. The van der Waals surface area contributed by atoms with Gasteiger partial charge in [0, 0.05) is 53.2 Å². The number of aromatic nitrogens is 4. The van der Waals surface area contributed by atoms with Crippen molar-refractivity contribution in [1.29, 1.82) is 0 Å². The van der Waals surface area contributed by atoms with E-state index in [1.54, 1.807) is 11.6 Å². The molecule has 0 amide bonds. The summed E-state index contributed by atoms with van der Waals surface area (Å²) in [5.74, 6) is 0.640. The number of imidazole rings is 1. The van der Waals surface area contributed by atoms with Crippen LogP contribution in [0.4, 0.5) is 5.95 Å². The number of fused-ring (bicyclic) bond motifs is 1. The van der Waals surface area contributed by atoms with Gasteiger partial charge in [0.2, 0.25) is 5.95 Å². The number of carbonyl (C=O) groups excluding carboxylic acids is 1. The number of aryl methyl sites for hydroxylation is 2. The highest BCUT2D eigenvalue weighted by molar-refractivity contribution is 5.74. The summed E-state index contributed by atoms with van der Waals surface area (Å²) in [5, 5.41) is 3.27. The van der Waals surface area contributed by atoms with Gasteiger partial charge >= 0.3 is 5.69 Å². The number of nitrogens with zero attached hydrogens (tertiary/aromatic N) is 5. The molecule has 1 aliphatic rings. The summed E-state index contributed by atoms with van der Waals surface area (Å²) in [6.45, 7) is 3.55. The van der Waals surface area contributed by atoms with Crippen molar-refractivity contribution in [2.75, 3.05) is 31.1 Å². The van der Waals surface area contributed by atoms with E-state index in [0.29, 0.717) is 23.7 Å². The number of aldehydes is 1. The fourth-order valence-electron chi connectivity index (χ4n) is 2.93. The Kier molecular flexibility index (Phi) is 4.03. The van der Waals surface area contributed by atoms with Crippen molar-refractivity contribution in [3.63, 3.8) is 0 Å². The molecule has 2 aromatic rings. The second-order valence-corrected chi connectivity index (χ2v) is 5.63. The molecule has 0 unspecified atom stereocenters. The molecule has 23 heavy (non-hydrogen) atoms. The molecule has 0 spiro atoms. The summed E-state index contributed by atoms with van der Waals surface area (Å²) in [7, 11) is 3.05. The van der Waals surface area contributed by atoms with Crippen molar-refractivity contribution in [1.82, 2.24) is 24.0 Å². The molecule has 0 radical (unpaired) electrons. The predicted octanol–water partition coefficient (Wildman–Crippen LogP) is -1.57. The van der Waals surface area contributed by atoms with E-state index in [1.165, 1.54) is 11.6 Å². The minimum Gasteiger partial charge on any atom is -0.340 e. The maximum absolute atomic E-state index is 12.6. The lowest BCUT2D eigenvalue weighted by atomic mass is 10.4. The lowest BCUT2D eigenvalue weighted by Crippen LogP contribution is -2.44. The van der Waals surface area contributed by atoms with Crippen molar-refractivity contribution in [2.45, 2.75) is 13.0 Å². The fourth-order valence-corrected chi connectivity index (χ4v) is 2.93. The van der Waals surface area contributed by atoms with E-state index in [9.17, 15) is 14.4 Å². The molecule has 0 bridgehead atoms. The van der Waals surface area contributed by atoms with Gasteiger partial charge in [0.1, 0.15) is 6.29 Å². The highest BCUT2D eigenvalue weighted by Crippen LogP contribution is 2.20. The highest BCUT2D eigenvalue weighted by atomic mass is 16.2. The third kappa shape index (κ3) is 2.46. The van der Waals surface area contributed by atoms with Gasteiger partial charge in [-0.15, -0.1) is 0 Å². The summed E-state index contributed by atoms with van der Waals surface area (Å²) in [6, 6.07) is 0. The van der Waals surface area contributed by atoms with Gasteiger partial charge in [-0.3, -0.25) is 13.9 Å². The monoisotopic (exact) mass is 320 g/mol. The quantitative estimate of drug-likeness (QED) is 0.684. The normalized spacial score (nSPS) is 15.3. The molecular weight excluding hydrogens is 300 g/mol. The molecule has 9 heteroatoms. The van der Waals surface area contributed by atoms with E-state index in [2.05, 4.69) is 15.2 Å². The fraction of sp³-hybridized carbons (Fsp3) is 0.571. The van der Waals surface area contributed by atoms with Crippen molar-refractivity contribution < 1.29 is 4.79 Å². The number of hydrogen-bond acceptors (Lipinski definition) is 6. The number of anilines is 1. The van der Waals surface area contributed by atoms with Gasteiger partial charge in [-0.05, 0) is 0 Å². The molecule has 0 atom stereocenters. The molecule has 2 aromatic heterocycles. The minimum atomic E-state index is -0.408. The van der Waals surface area contributed by atoms with Gasteiger partial charge in [-0.1, -0.05) is 0 Å². The van der Waals surface area contributed by atoms with Crippen LogP contribution in [0.3, 0.4) is 0 Å². The van der Waals surface area contributed by atoms with Crippen molar-refractivity contribution in [2.24, 2.45) is 14.1 Å². The Bertz CT molecular complexity index is 856. The summed E-state index contributed by atoms with van der Waals surface area (Å²) in [4.78, 5) is 42.1. The van der Waals surface area contributed by atoms with Crippen LogP contribution in [0.2, 0.25) is 0 Å². The Hall–Kier alpha value is -2.42. The van der Waals surface area contributed by atoms with Gasteiger partial charge in [-0.25, -0.2) is 4.79 Å². The van der Waals surface area contributed by atoms with Crippen LogP contribution in [0.25, 0.3) is 11.2 Å². The molecular formula is C14H20N6O3. The average Bonchev–Trinajstić information content (AvgIpc) is 2.96. The van der Waals surface area contributed by atoms with E-state index < -0.39 is 5.69 Å². The first-order chi connectivity index (χ1) is 11.1. The molecule has 1 N–H and O–H groups in total. The zero-order valence-electron chi connectivity index (χ0n) is 13.3. The molecule has 0 aliphatic carbocycles. The largest absolute Gasteiger partial charge is 0.340 e. The van der Waals surface area contributed by atoms with E-state index in [4.69, 9.17) is 0 Å². The zero-order valence-corrected chi connectivity index (χ0v) is 13.3. The zero-order chi connectivity index (χ0) is 16.6. The van der Waals surface area contributed by atoms with Crippen LogP contribution in [0.15, 0.2) is 9.59 Å². The third-order valence-corrected chi connectivity index (χ3v) is 4.20. The molecule has 1 saturated heterocycles. The molecule has 1 aliphatic heterocycles. The van der Waals surface area contributed by atoms with E-state index in [-0.39, 0.29) is 12.0 Å². The van der Waals surface area contributed by atoms with Crippen LogP contribution in [-0.2, 0) is 25.4 Å². The van der Waals surface area contributed by atoms with E-state index in [0.717, 1.165) is 37.0 Å². The van der Waals surface area contributed by atoms with Crippen LogP contribution in [0.5, 0.6) is 0 Å². The SMILES string of the molecule is Cn1c(=O)c2c(nc(N3CCNCC3)n2CCC=O)n(C)c1=O. The molecule has 3 rings (SSSR count). The second-order valence-electron chi connectivity index (χ2n) is 5.63. The number of piperazine rings is 1. The van der Waals surface area contributed by atoms with Crippen LogP contribution < -0.4 is 21.5 Å². The molecule has 3 heterocycles. The van der Waals surface area contributed by atoms with Gasteiger partial charge in [-0.2, -0.15) is 4.98 Å². The van der Waals surface area contributed by atoms with E-state index >= 15 is 0 Å². The Morgan fingerprint density at radius 3 is 2.52 bits per heavy atom. The average molecular weight is 320 g/mol. The summed E-state index contributed by atoms with van der Waals surface area (Å²) >= 11 is 0. The summed E-state index contributed by atoms with van der Waals surface area (Å²) in [6.07, 6.45) is 1.11. The van der Waals surface area contributed by atoms with Gasteiger partial charge in [0.25, 0.3) is 5.56 Å². The third-order valence-electron chi connectivity index (χ3n) is 4.20. The Morgan fingerprint density at radius 2 is 1.87 bits per heavy atom.